The molecular formula is C32H26N2O6. The number of aromatic nitrogens is 1. The van der Waals surface area contributed by atoms with Crippen LogP contribution in [0, 0.1) is 0 Å². The molecular weight excluding hydrogens is 508 g/mol. The summed E-state index contributed by atoms with van der Waals surface area (Å²) in [6.45, 7) is 1.33. The SMILES string of the molecule is O=C1C(=O)N(Cc2ccncc2)[C@@H](c2cccc(OCc3ccccc3)c2)C1=C(O)c1ccc2c(c1)OCCO2. The number of Topliss-reactive ketones (excluding diaryl/α,β-unsaturated/α-hetero) is 1. The summed E-state index contributed by atoms with van der Waals surface area (Å²) >= 11 is 0. The standard InChI is InChI=1S/C32H26N2O6/c35-30(24-9-10-26-27(18-24)39-16-15-38-26)28-29(34(32(37)31(28)36)19-21-11-13-33-14-12-21)23-7-4-8-25(17-23)40-20-22-5-2-1-3-6-22/h1-14,17-18,29,35H,15-16,19-20H2/t29-/m0/s1. The van der Waals surface area contributed by atoms with Gasteiger partial charge in [0.15, 0.2) is 11.5 Å². The van der Waals surface area contributed by atoms with Crippen molar-refractivity contribution in [2.45, 2.75) is 19.2 Å². The number of aliphatic hydroxyl groups excluding tert-OH is 1. The van der Waals surface area contributed by atoms with Gasteiger partial charge in [-0.15, -0.1) is 0 Å². The molecule has 3 aromatic carbocycles. The molecule has 8 heteroatoms. The molecule has 1 fully saturated rings. The van der Waals surface area contributed by atoms with Gasteiger partial charge in [0.1, 0.15) is 31.3 Å². The van der Waals surface area contributed by atoms with Crippen LogP contribution in [0.1, 0.15) is 28.3 Å². The first kappa shape index (κ1) is 25.2. The van der Waals surface area contributed by atoms with E-state index in [1.54, 1.807) is 48.8 Å². The molecule has 6 rings (SSSR count). The molecule has 40 heavy (non-hydrogen) atoms. The van der Waals surface area contributed by atoms with Crippen molar-refractivity contribution in [2.75, 3.05) is 13.2 Å². The Bertz CT molecular complexity index is 1590. The minimum Gasteiger partial charge on any atom is -0.507 e. The number of carbonyl (C=O) groups excluding carboxylic acids is 2. The Morgan fingerprint density at radius 3 is 2.45 bits per heavy atom. The number of hydrogen-bond acceptors (Lipinski definition) is 7. The Morgan fingerprint density at radius 2 is 1.65 bits per heavy atom. The first-order chi connectivity index (χ1) is 19.6. The highest BCUT2D eigenvalue weighted by Crippen LogP contribution is 2.42. The molecule has 4 aromatic rings. The van der Waals surface area contributed by atoms with Gasteiger partial charge in [-0.2, -0.15) is 0 Å². The molecule has 1 atom stereocenters. The second-order valence-corrected chi connectivity index (χ2v) is 9.49. The summed E-state index contributed by atoms with van der Waals surface area (Å²) in [5, 5.41) is 11.5. The van der Waals surface area contributed by atoms with Crippen molar-refractivity contribution in [3.63, 3.8) is 0 Å². The lowest BCUT2D eigenvalue weighted by molar-refractivity contribution is -0.140. The zero-order valence-corrected chi connectivity index (χ0v) is 21.5. The van der Waals surface area contributed by atoms with E-state index in [2.05, 4.69) is 4.98 Å². The third-order valence-corrected chi connectivity index (χ3v) is 6.88. The van der Waals surface area contributed by atoms with E-state index in [9.17, 15) is 14.7 Å². The number of hydrogen-bond donors (Lipinski definition) is 1. The minimum atomic E-state index is -0.846. The van der Waals surface area contributed by atoms with Gasteiger partial charge in [0, 0.05) is 24.5 Å². The molecule has 3 heterocycles. The number of ketones is 1. The molecule has 0 saturated carbocycles. The van der Waals surface area contributed by atoms with Crippen LogP contribution in [0.15, 0.2) is 103 Å². The predicted octanol–water partition coefficient (Wildman–Crippen LogP) is 5.05. The van der Waals surface area contributed by atoms with Crippen LogP contribution in [0.25, 0.3) is 5.76 Å². The summed E-state index contributed by atoms with van der Waals surface area (Å²) in [5.74, 6) is -0.142. The maximum atomic E-state index is 13.5. The fourth-order valence-corrected chi connectivity index (χ4v) is 4.94. The second-order valence-electron chi connectivity index (χ2n) is 9.49. The lowest BCUT2D eigenvalue weighted by Crippen LogP contribution is -2.29. The number of ether oxygens (including phenoxy) is 3. The van der Waals surface area contributed by atoms with E-state index in [1.165, 1.54) is 4.90 Å². The predicted molar refractivity (Wildman–Crippen MR) is 147 cm³/mol. The maximum absolute atomic E-state index is 13.5. The molecule has 1 N–H and O–H groups in total. The van der Waals surface area contributed by atoms with Crippen molar-refractivity contribution in [3.8, 4) is 17.2 Å². The van der Waals surface area contributed by atoms with E-state index in [1.807, 2.05) is 48.5 Å². The zero-order valence-electron chi connectivity index (χ0n) is 21.5. The highest BCUT2D eigenvalue weighted by molar-refractivity contribution is 6.46. The summed E-state index contributed by atoms with van der Waals surface area (Å²) in [4.78, 5) is 32.4. The largest absolute Gasteiger partial charge is 0.507 e. The fourth-order valence-electron chi connectivity index (χ4n) is 4.94. The number of carbonyl (C=O) groups is 2. The Labute approximate surface area is 231 Å². The average molecular weight is 535 g/mol. The van der Waals surface area contributed by atoms with E-state index >= 15 is 0 Å². The molecule has 2 aliphatic rings. The van der Waals surface area contributed by atoms with E-state index in [-0.39, 0.29) is 17.9 Å². The molecule has 8 nitrogen and oxygen atoms in total. The van der Waals surface area contributed by atoms with Crippen molar-refractivity contribution in [2.24, 2.45) is 0 Å². The molecule has 0 radical (unpaired) electrons. The van der Waals surface area contributed by atoms with Crippen LogP contribution in [-0.2, 0) is 22.7 Å². The van der Waals surface area contributed by atoms with Crippen molar-refractivity contribution in [1.82, 2.24) is 9.88 Å². The smallest absolute Gasteiger partial charge is 0.295 e. The van der Waals surface area contributed by atoms with Crippen molar-refractivity contribution < 1.29 is 28.9 Å². The summed E-state index contributed by atoms with van der Waals surface area (Å²) in [5.41, 5.74) is 2.80. The lowest BCUT2D eigenvalue weighted by Gasteiger charge is -2.26. The van der Waals surface area contributed by atoms with Crippen LogP contribution < -0.4 is 14.2 Å². The topological polar surface area (TPSA) is 98.2 Å². The van der Waals surface area contributed by atoms with E-state index in [0.717, 1.165) is 11.1 Å². The monoisotopic (exact) mass is 534 g/mol. The molecule has 0 aliphatic carbocycles. The van der Waals surface area contributed by atoms with Gasteiger partial charge in [-0.25, -0.2) is 0 Å². The number of fused-ring (bicyclic) bond motifs is 1. The summed E-state index contributed by atoms with van der Waals surface area (Å²) in [7, 11) is 0. The number of rotatable bonds is 7. The second kappa shape index (κ2) is 10.9. The first-order valence-electron chi connectivity index (χ1n) is 12.9. The number of amides is 1. The molecule has 2 aliphatic heterocycles. The quantitative estimate of drug-likeness (QED) is 0.201. The molecule has 1 saturated heterocycles. The third kappa shape index (κ3) is 4.99. The van der Waals surface area contributed by atoms with E-state index in [4.69, 9.17) is 14.2 Å². The third-order valence-electron chi connectivity index (χ3n) is 6.88. The molecule has 0 spiro atoms. The molecule has 1 amide bonds. The fraction of sp³-hybridized carbons (Fsp3) is 0.156. The van der Waals surface area contributed by atoms with Gasteiger partial charge in [-0.05, 0) is 59.2 Å². The van der Waals surface area contributed by atoms with Gasteiger partial charge < -0.3 is 24.2 Å². The lowest BCUT2D eigenvalue weighted by atomic mass is 9.95. The van der Waals surface area contributed by atoms with Crippen molar-refractivity contribution in [3.05, 3.63) is 125 Å². The normalized spacial score (nSPS) is 17.6. The van der Waals surface area contributed by atoms with Crippen LogP contribution in [-0.4, -0.2) is 39.9 Å². The summed E-state index contributed by atoms with van der Waals surface area (Å²) in [6.07, 6.45) is 3.27. The molecule has 200 valence electrons. The number of nitrogens with zero attached hydrogens (tertiary/aromatic N) is 2. The van der Waals surface area contributed by atoms with Crippen LogP contribution in [0.3, 0.4) is 0 Å². The summed E-state index contributed by atoms with van der Waals surface area (Å²) < 4.78 is 17.3. The van der Waals surface area contributed by atoms with Crippen LogP contribution >= 0.6 is 0 Å². The first-order valence-corrected chi connectivity index (χ1v) is 12.9. The van der Waals surface area contributed by atoms with E-state index in [0.29, 0.717) is 48.2 Å². The number of benzene rings is 3. The number of pyridine rings is 1. The summed E-state index contributed by atoms with van der Waals surface area (Å²) in [6, 6.07) is 24.7. The Hall–Kier alpha value is -5.11. The van der Waals surface area contributed by atoms with Crippen LogP contribution in [0.5, 0.6) is 17.2 Å². The van der Waals surface area contributed by atoms with Gasteiger partial charge in [0.05, 0.1) is 11.6 Å². The molecule has 1 aromatic heterocycles. The van der Waals surface area contributed by atoms with Gasteiger partial charge in [-0.1, -0.05) is 42.5 Å². The molecule has 0 bridgehead atoms. The molecule has 0 unspecified atom stereocenters. The number of likely N-dealkylation sites (tertiary alicyclic amines) is 1. The van der Waals surface area contributed by atoms with Crippen molar-refractivity contribution in [1.29, 1.82) is 0 Å². The highest BCUT2D eigenvalue weighted by Gasteiger charge is 2.46. The average Bonchev–Trinajstić information content (AvgIpc) is 3.25. The highest BCUT2D eigenvalue weighted by atomic mass is 16.6. The van der Waals surface area contributed by atoms with Crippen LogP contribution in [0.2, 0.25) is 0 Å². The Morgan fingerprint density at radius 1 is 0.875 bits per heavy atom. The Kier molecular flexibility index (Phi) is 6.89. The minimum absolute atomic E-state index is 0.00376. The number of aliphatic hydroxyl groups is 1. The Balaban J connectivity index is 1.41. The zero-order chi connectivity index (χ0) is 27.5. The van der Waals surface area contributed by atoms with E-state index < -0.39 is 17.7 Å². The van der Waals surface area contributed by atoms with Gasteiger partial charge in [0.25, 0.3) is 11.7 Å². The van der Waals surface area contributed by atoms with Crippen molar-refractivity contribution >= 4 is 17.4 Å². The van der Waals surface area contributed by atoms with Crippen LogP contribution in [0.4, 0.5) is 0 Å². The maximum Gasteiger partial charge on any atom is 0.295 e. The van der Waals surface area contributed by atoms with Gasteiger partial charge >= 0.3 is 0 Å². The van der Waals surface area contributed by atoms with Gasteiger partial charge in [0.2, 0.25) is 0 Å². The van der Waals surface area contributed by atoms with Gasteiger partial charge in [-0.3, -0.25) is 14.6 Å².